The van der Waals surface area contributed by atoms with Gasteiger partial charge >= 0.3 is 0 Å². The van der Waals surface area contributed by atoms with E-state index in [-0.39, 0.29) is 63.2 Å². The average Bonchev–Trinajstić information content (AvgIpc) is 1.85. The Morgan fingerprint density at radius 1 is 0.443 bits per heavy atom. The van der Waals surface area contributed by atoms with E-state index in [1.807, 2.05) is 195 Å². The van der Waals surface area contributed by atoms with Crippen molar-refractivity contribution in [1.29, 1.82) is 0 Å². The van der Waals surface area contributed by atoms with Gasteiger partial charge in [-0.2, -0.15) is 74.2 Å². The number of hydrogen-bond acceptors (Lipinski definition) is 9. The van der Waals surface area contributed by atoms with Crippen LogP contribution in [0.1, 0.15) is 17.1 Å². The smallest absolute Gasteiger partial charge is 0.140 e. The molecule has 4 aromatic heterocycles. The molecule has 0 aliphatic carbocycles. The molecule has 0 amide bonds. The number of rotatable bonds is 11. The second-order valence-corrected chi connectivity index (χ2v) is 21.3. The van der Waals surface area contributed by atoms with E-state index in [0.29, 0.717) is 5.89 Å². The Morgan fingerprint density at radius 3 is 1.35 bits per heavy atom. The first kappa shape index (κ1) is 70.8. The number of hydrazone groups is 1. The van der Waals surface area contributed by atoms with Crippen molar-refractivity contribution in [3.8, 4) is 95.6 Å². The zero-order valence-corrected chi connectivity index (χ0v) is 59.6. The number of anilines is 1. The van der Waals surface area contributed by atoms with Gasteiger partial charge in [0, 0.05) is 80.0 Å². The van der Waals surface area contributed by atoms with Crippen molar-refractivity contribution in [2.75, 3.05) is 12.1 Å². The molecule has 0 bridgehead atoms. The van der Waals surface area contributed by atoms with E-state index in [2.05, 4.69) is 199 Å². The second kappa shape index (κ2) is 35.9. The van der Waals surface area contributed by atoms with Crippen molar-refractivity contribution >= 4 is 11.5 Å². The van der Waals surface area contributed by atoms with E-state index in [1.165, 1.54) is 33.4 Å². The van der Waals surface area contributed by atoms with Crippen LogP contribution >= 0.6 is 0 Å². The molecule has 1 aliphatic rings. The van der Waals surface area contributed by atoms with E-state index in [0.717, 1.165) is 84.9 Å². The van der Waals surface area contributed by atoms with Crippen molar-refractivity contribution in [3.63, 3.8) is 0 Å². The van der Waals surface area contributed by atoms with E-state index in [9.17, 15) is 0 Å². The van der Waals surface area contributed by atoms with Crippen molar-refractivity contribution in [1.82, 2.24) is 45.0 Å². The molecular formula is C82H61N11OPt3-8. The third kappa shape index (κ3) is 19.1. The number of imidazole rings is 1. The molecule has 0 fully saturated rings. The average molecular weight is 1800 g/mol. The summed E-state index contributed by atoms with van der Waals surface area (Å²) in [5, 5.41) is 24.0. The zero-order valence-electron chi connectivity index (χ0n) is 52.8. The molecule has 0 N–H and O–H groups in total. The number of hydrogen-bond donors (Lipinski definition) is 0. The van der Waals surface area contributed by atoms with Crippen molar-refractivity contribution in [2.24, 2.45) is 5.10 Å². The van der Waals surface area contributed by atoms with E-state index in [4.69, 9.17) is 9.52 Å². The van der Waals surface area contributed by atoms with Crippen molar-refractivity contribution in [3.05, 3.63) is 364 Å². The molecule has 16 rings (SSSR count). The van der Waals surface area contributed by atoms with E-state index >= 15 is 0 Å². The van der Waals surface area contributed by atoms with Gasteiger partial charge in [-0.3, -0.25) is 4.98 Å². The normalized spacial score (nSPS) is 11.0. The molecule has 0 spiro atoms. The Balaban J connectivity index is 0.000000145. The molecule has 0 atom stereocenters. The predicted octanol–water partition coefficient (Wildman–Crippen LogP) is 17.9. The van der Waals surface area contributed by atoms with Crippen LogP contribution in [0.4, 0.5) is 5.69 Å². The molecule has 0 unspecified atom stereocenters. The number of para-hydroxylation sites is 2. The molecule has 0 saturated heterocycles. The van der Waals surface area contributed by atoms with E-state index in [1.54, 1.807) is 23.5 Å². The molecule has 97 heavy (non-hydrogen) atoms. The van der Waals surface area contributed by atoms with Crippen LogP contribution in [0, 0.1) is 50.8 Å². The minimum absolute atomic E-state index is 0. The summed E-state index contributed by atoms with van der Waals surface area (Å²) in [4.78, 5) is 16.2. The topological polar surface area (TPSA) is 130 Å². The number of nitrogens with zero attached hydrogens (tertiary/aromatic N) is 11. The van der Waals surface area contributed by atoms with Gasteiger partial charge in [-0.05, 0) is 58.6 Å². The Morgan fingerprint density at radius 2 is 0.887 bits per heavy atom. The molecule has 0 saturated carbocycles. The third-order valence-electron chi connectivity index (χ3n) is 14.8. The van der Waals surface area contributed by atoms with Gasteiger partial charge in [0.15, 0.2) is 0 Å². The zero-order chi connectivity index (χ0) is 64.1. The van der Waals surface area contributed by atoms with Gasteiger partial charge in [-0.25, -0.2) is 5.69 Å². The monoisotopic (exact) mass is 1800 g/mol. The van der Waals surface area contributed by atoms with Gasteiger partial charge in [0.1, 0.15) is 17.4 Å². The van der Waals surface area contributed by atoms with Gasteiger partial charge in [-0.15, -0.1) is 127 Å². The van der Waals surface area contributed by atoms with Gasteiger partial charge in [0.2, 0.25) is 0 Å². The first-order valence-electron chi connectivity index (χ1n) is 30.4. The number of aromatic nitrogens is 8. The number of amidine groups is 1. The summed E-state index contributed by atoms with van der Waals surface area (Å²) >= 11 is 0. The SMILES string of the molecule is CN1[CH-]N(c2[c-]cccc2)N=C1c1ccc(-c2ccccc2)cc1.Cc1nc(C)c(-c2[c-]cccc2)[n-]1.[Pt].[Pt].[Pt].[c-]1ccccc1-c1cc(-c2ccc(-c3ccccc3)cc2)n[n-]1.[c-]1ccccc1-c1ncco1.[c-]1ccccc1-n1ncc(-c2ccc(-c3ccccc3)cc2)n1. The minimum atomic E-state index is 0. The largest absolute Gasteiger partial charge is 0.618 e. The maximum Gasteiger partial charge on any atom is 0.140 e. The standard InChI is InChI=1S/C21H17N3.C21H14N2.C20H14N3.C11H10N2.C9H6NO.3Pt/c1-23-16-24(20-10-6-3-7-11-20)22-21(23)19-14-12-18(13-15-19)17-8-4-2-5-9-17;1-3-7-16(8-4-1)17-11-13-19(14-12-17)21-15-20(22-23-21)18-9-5-2-6-10-18;1-3-7-16(8-4-1)17-11-13-18(14-12-17)20-15-21-23(22-20)19-9-5-2-6-10-19;1-8-11(13-9(2)12-8)10-6-4-3-5-7-10;1-2-4-8(5-3-1)9-10-6-7-11-9;;;/h2-10,12-16H,1H3;2*1-9,11-15H;3-6H,1-2H3;1-4,6-7H;;;/q2*-2;-1;-2;-1;;;. The van der Waals surface area contributed by atoms with Crippen LogP contribution < -0.4 is 15.1 Å². The van der Waals surface area contributed by atoms with Crippen LogP contribution in [0.3, 0.4) is 0 Å². The number of oxazole rings is 1. The Labute approximate surface area is 609 Å². The van der Waals surface area contributed by atoms with Crippen LogP contribution in [0.2, 0.25) is 0 Å². The molecule has 1 aliphatic heterocycles. The van der Waals surface area contributed by atoms with Crippen LogP contribution in [0.15, 0.2) is 319 Å². The van der Waals surface area contributed by atoms with Gasteiger partial charge < -0.3 is 34.5 Å². The molecular weight excluding hydrogens is 1740 g/mol. The second-order valence-electron chi connectivity index (χ2n) is 21.3. The van der Waals surface area contributed by atoms with Gasteiger partial charge in [0.25, 0.3) is 0 Å². The maximum absolute atomic E-state index is 5.08. The fourth-order valence-electron chi connectivity index (χ4n) is 10.1. The van der Waals surface area contributed by atoms with Gasteiger partial charge in [-0.1, -0.05) is 194 Å². The molecule has 0 radical (unpaired) electrons. The summed E-state index contributed by atoms with van der Waals surface area (Å²) in [5.41, 5.74) is 19.6. The van der Waals surface area contributed by atoms with Crippen LogP contribution in [0.5, 0.6) is 0 Å². The fourth-order valence-corrected chi connectivity index (χ4v) is 10.1. The number of benzene rings is 11. The van der Waals surface area contributed by atoms with Crippen LogP contribution in [-0.2, 0) is 63.2 Å². The summed E-state index contributed by atoms with van der Waals surface area (Å²) in [6.07, 6.45) is 4.95. The van der Waals surface area contributed by atoms with Gasteiger partial charge in [0.05, 0.1) is 18.7 Å². The molecule has 11 aromatic carbocycles. The summed E-state index contributed by atoms with van der Waals surface area (Å²) in [7, 11) is 2.01. The molecule has 5 heterocycles. The Bertz CT molecular complexity index is 4580. The summed E-state index contributed by atoms with van der Waals surface area (Å²) in [5.74, 6) is 2.36. The molecule has 15 heteroatoms. The minimum Gasteiger partial charge on any atom is -0.618 e. The first-order chi connectivity index (χ1) is 46.3. The number of aryl methyl sites for hydroxylation is 2. The Kier molecular flexibility index (Phi) is 26.2. The van der Waals surface area contributed by atoms with E-state index < -0.39 is 0 Å². The van der Waals surface area contributed by atoms with Crippen LogP contribution in [0.25, 0.3) is 95.6 Å². The van der Waals surface area contributed by atoms with Crippen molar-refractivity contribution in [2.45, 2.75) is 13.8 Å². The predicted molar refractivity (Wildman–Crippen MR) is 374 cm³/mol. The summed E-state index contributed by atoms with van der Waals surface area (Å²) in [6, 6.07) is 113. The fraction of sp³-hybridized carbons (Fsp3) is 0.0366. The molecule has 15 aromatic rings. The van der Waals surface area contributed by atoms with Crippen molar-refractivity contribution < 1.29 is 67.6 Å². The molecule has 12 nitrogen and oxygen atoms in total. The summed E-state index contributed by atoms with van der Waals surface area (Å²) in [6.45, 7) is 5.84. The molecule has 488 valence electrons. The quantitative estimate of drug-likeness (QED) is 0.115. The Hall–Kier alpha value is -10.5. The maximum atomic E-state index is 5.08. The summed E-state index contributed by atoms with van der Waals surface area (Å²) < 4.78 is 5.08. The first-order valence-corrected chi connectivity index (χ1v) is 30.4. The van der Waals surface area contributed by atoms with Crippen LogP contribution in [-0.4, -0.2) is 47.8 Å². The third-order valence-corrected chi connectivity index (χ3v) is 14.8.